The van der Waals surface area contributed by atoms with Crippen LogP contribution in [0.25, 0.3) is 0 Å². The molecule has 0 saturated carbocycles. The van der Waals surface area contributed by atoms with Crippen LogP contribution in [0.2, 0.25) is 0 Å². The van der Waals surface area contributed by atoms with Crippen molar-refractivity contribution in [2.24, 2.45) is 0 Å². The van der Waals surface area contributed by atoms with Crippen molar-refractivity contribution in [3.63, 3.8) is 0 Å². The first kappa shape index (κ1) is 12.5. The number of ketones is 1. The molecule has 0 amide bonds. The number of esters is 1. The summed E-state index contributed by atoms with van der Waals surface area (Å²) in [6, 6.07) is 0. The third-order valence-electron chi connectivity index (χ3n) is 1.82. The molecule has 0 radical (unpaired) electrons. The smallest absolute Gasteiger partial charge is 0.347 e. The van der Waals surface area contributed by atoms with Crippen LogP contribution in [-0.4, -0.2) is 30.5 Å². The second-order valence-corrected chi connectivity index (χ2v) is 4.51. The first-order valence-corrected chi connectivity index (χ1v) is 5.20. The first-order chi connectivity index (χ1) is 7.35. The van der Waals surface area contributed by atoms with Gasteiger partial charge in [0.15, 0.2) is 12.2 Å². The largest absolute Gasteiger partial charge is 0.470 e. The summed E-state index contributed by atoms with van der Waals surface area (Å²) < 4.78 is 9.94. The Bertz CT molecular complexity index is 338. The van der Waals surface area contributed by atoms with Gasteiger partial charge in [0.1, 0.15) is 0 Å². The Morgan fingerprint density at radius 1 is 1.50 bits per heavy atom. The van der Waals surface area contributed by atoms with Crippen molar-refractivity contribution in [2.75, 3.05) is 13.2 Å². The van der Waals surface area contributed by atoms with Crippen LogP contribution in [0.4, 0.5) is 0 Å². The Balaban J connectivity index is 2.92. The van der Waals surface area contributed by atoms with Crippen molar-refractivity contribution in [2.45, 2.75) is 33.2 Å². The number of nitrogens with one attached hydrogen (secondary N) is 1. The Hall–Kier alpha value is -1.52. The van der Waals surface area contributed by atoms with E-state index in [0.717, 1.165) is 0 Å². The van der Waals surface area contributed by atoms with Gasteiger partial charge in [-0.2, -0.15) is 0 Å². The van der Waals surface area contributed by atoms with Gasteiger partial charge in [-0.05, 0) is 27.7 Å². The zero-order valence-corrected chi connectivity index (χ0v) is 10.0. The monoisotopic (exact) mass is 227 g/mol. The van der Waals surface area contributed by atoms with Gasteiger partial charge in [-0.1, -0.05) is 0 Å². The van der Waals surface area contributed by atoms with Gasteiger partial charge in [0.05, 0.1) is 6.61 Å². The lowest BCUT2D eigenvalue weighted by Gasteiger charge is -2.22. The topological polar surface area (TPSA) is 64.6 Å². The molecular formula is C11H17NO4. The van der Waals surface area contributed by atoms with Crippen molar-refractivity contribution in [1.29, 1.82) is 0 Å². The first-order valence-electron chi connectivity index (χ1n) is 5.20. The summed E-state index contributed by atoms with van der Waals surface area (Å²) in [7, 11) is 0. The van der Waals surface area contributed by atoms with E-state index in [-0.39, 0.29) is 36.0 Å². The maximum atomic E-state index is 11.5. The number of rotatable bonds is 3. The van der Waals surface area contributed by atoms with Crippen LogP contribution in [0, 0.1) is 0 Å². The van der Waals surface area contributed by atoms with Crippen LogP contribution < -0.4 is 5.32 Å². The van der Waals surface area contributed by atoms with Gasteiger partial charge < -0.3 is 14.8 Å². The van der Waals surface area contributed by atoms with E-state index in [1.807, 2.05) is 20.8 Å². The lowest BCUT2D eigenvalue weighted by Crippen LogP contribution is -2.36. The molecule has 1 aliphatic rings. The molecule has 0 saturated heterocycles. The van der Waals surface area contributed by atoms with Crippen LogP contribution in [0.5, 0.6) is 0 Å². The quantitative estimate of drug-likeness (QED) is 0.569. The van der Waals surface area contributed by atoms with Crippen molar-refractivity contribution in [3.05, 3.63) is 11.5 Å². The van der Waals surface area contributed by atoms with Gasteiger partial charge in [0, 0.05) is 5.54 Å². The Kier molecular flexibility index (Phi) is 3.57. The molecule has 5 heteroatoms. The van der Waals surface area contributed by atoms with E-state index in [1.165, 1.54) is 0 Å². The highest BCUT2D eigenvalue weighted by molar-refractivity contribution is 6.19. The fourth-order valence-corrected chi connectivity index (χ4v) is 1.26. The Labute approximate surface area is 94.8 Å². The fraction of sp³-hybridized carbons (Fsp3) is 0.636. The highest BCUT2D eigenvalue weighted by Gasteiger charge is 2.33. The van der Waals surface area contributed by atoms with E-state index >= 15 is 0 Å². The Morgan fingerprint density at radius 3 is 2.62 bits per heavy atom. The van der Waals surface area contributed by atoms with Crippen molar-refractivity contribution >= 4 is 11.8 Å². The van der Waals surface area contributed by atoms with Gasteiger partial charge >= 0.3 is 5.97 Å². The minimum absolute atomic E-state index is 0.0169. The molecule has 0 unspecified atom stereocenters. The van der Waals surface area contributed by atoms with Crippen LogP contribution in [0.3, 0.4) is 0 Å². The summed E-state index contributed by atoms with van der Waals surface area (Å²) in [6.45, 7) is 7.55. The number of ether oxygens (including phenoxy) is 2. The van der Waals surface area contributed by atoms with Gasteiger partial charge in [-0.25, -0.2) is 4.79 Å². The molecule has 0 fully saturated rings. The van der Waals surface area contributed by atoms with E-state index < -0.39 is 5.97 Å². The maximum Gasteiger partial charge on any atom is 0.347 e. The SMILES string of the molecule is CCOC(=O)C1=C(NC(C)(C)C)OCC1=O. The number of hydrogen-bond acceptors (Lipinski definition) is 5. The summed E-state index contributed by atoms with van der Waals surface area (Å²) in [6.07, 6.45) is 0. The molecule has 90 valence electrons. The van der Waals surface area contributed by atoms with Gasteiger partial charge in [-0.15, -0.1) is 0 Å². The predicted molar refractivity (Wildman–Crippen MR) is 57.5 cm³/mol. The van der Waals surface area contributed by atoms with E-state index in [0.29, 0.717) is 0 Å². The summed E-state index contributed by atoms with van der Waals surface area (Å²) in [5, 5.41) is 2.97. The van der Waals surface area contributed by atoms with Gasteiger partial charge in [0.2, 0.25) is 11.7 Å². The van der Waals surface area contributed by atoms with Crippen LogP contribution in [-0.2, 0) is 19.1 Å². The number of Topliss-reactive ketones (excluding diaryl/α,β-unsaturated/α-hetero) is 1. The number of carbonyl (C=O) groups excluding carboxylic acids is 2. The summed E-state index contributed by atoms with van der Waals surface area (Å²) >= 11 is 0. The lowest BCUT2D eigenvalue weighted by atomic mass is 10.1. The van der Waals surface area contributed by atoms with Crippen molar-refractivity contribution in [1.82, 2.24) is 5.32 Å². The van der Waals surface area contributed by atoms with E-state index in [2.05, 4.69) is 5.32 Å². The summed E-state index contributed by atoms with van der Waals surface area (Å²) in [5.41, 5.74) is -0.297. The van der Waals surface area contributed by atoms with Gasteiger partial charge in [0.25, 0.3) is 0 Å². The van der Waals surface area contributed by atoms with Crippen LogP contribution >= 0.6 is 0 Å². The highest BCUT2D eigenvalue weighted by atomic mass is 16.5. The molecule has 0 aromatic carbocycles. The second kappa shape index (κ2) is 4.55. The summed E-state index contributed by atoms with van der Waals surface area (Å²) in [5.74, 6) is -0.752. The minimum atomic E-state index is -0.628. The molecule has 0 aromatic rings. The predicted octanol–water partition coefficient (Wildman–Crippen LogP) is 0.748. The third-order valence-corrected chi connectivity index (χ3v) is 1.82. The standard InChI is InChI=1S/C11H17NO4/c1-5-15-10(14)8-7(13)6-16-9(8)12-11(2,3)4/h12H,5-6H2,1-4H3. The maximum absolute atomic E-state index is 11.5. The van der Waals surface area contributed by atoms with Crippen molar-refractivity contribution in [3.8, 4) is 0 Å². The zero-order valence-electron chi connectivity index (χ0n) is 10.0. The molecule has 0 bridgehead atoms. The van der Waals surface area contributed by atoms with Crippen molar-refractivity contribution < 1.29 is 19.1 Å². The summed E-state index contributed by atoms with van der Waals surface area (Å²) in [4.78, 5) is 23.0. The molecule has 1 aliphatic heterocycles. The lowest BCUT2D eigenvalue weighted by molar-refractivity contribution is -0.139. The minimum Gasteiger partial charge on any atom is -0.470 e. The second-order valence-electron chi connectivity index (χ2n) is 4.51. The average Bonchev–Trinajstić information content (AvgIpc) is 2.44. The molecule has 1 heterocycles. The molecule has 0 aromatic heterocycles. The number of carbonyl (C=O) groups is 2. The van der Waals surface area contributed by atoms with Crippen LogP contribution in [0.15, 0.2) is 11.5 Å². The molecule has 5 nitrogen and oxygen atoms in total. The molecule has 1 N–H and O–H groups in total. The average molecular weight is 227 g/mol. The zero-order chi connectivity index (χ0) is 12.3. The van der Waals surface area contributed by atoms with E-state index in [1.54, 1.807) is 6.92 Å². The van der Waals surface area contributed by atoms with E-state index in [4.69, 9.17) is 9.47 Å². The Morgan fingerprint density at radius 2 is 2.12 bits per heavy atom. The fourth-order valence-electron chi connectivity index (χ4n) is 1.26. The molecule has 0 spiro atoms. The molecular weight excluding hydrogens is 210 g/mol. The van der Waals surface area contributed by atoms with Gasteiger partial charge in [-0.3, -0.25) is 4.79 Å². The molecule has 0 atom stereocenters. The third kappa shape index (κ3) is 2.98. The highest BCUT2D eigenvalue weighted by Crippen LogP contribution is 2.18. The molecule has 16 heavy (non-hydrogen) atoms. The van der Waals surface area contributed by atoms with E-state index in [9.17, 15) is 9.59 Å². The molecule has 0 aliphatic carbocycles. The normalized spacial score (nSPS) is 16.1. The number of hydrogen-bond donors (Lipinski definition) is 1. The van der Waals surface area contributed by atoms with Crippen LogP contribution in [0.1, 0.15) is 27.7 Å². The molecule has 1 rings (SSSR count).